The molecule has 0 saturated carbocycles. The van der Waals surface area contributed by atoms with Gasteiger partial charge < -0.3 is 0 Å². The van der Waals surface area contributed by atoms with Crippen molar-refractivity contribution in [2.24, 2.45) is 0 Å². The Bertz CT molecular complexity index is 3700. The number of hydrogen-bond donors (Lipinski definition) is 6. The fraction of sp³-hybridized carbons (Fsp3) is 0.284. The second kappa shape index (κ2) is 253. The van der Waals surface area contributed by atoms with Crippen LogP contribution in [-0.4, -0.2) is 31.5 Å². The third-order valence-corrected chi connectivity index (χ3v) is 3.74. The van der Waals surface area contributed by atoms with Crippen LogP contribution < -0.4 is 0 Å². The summed E-state index contributed by atoms with van der Waals surface area (Å²) >= 11 is 0. The van der Waals surface area contributed by atoms with Crippen LogP contribution in [0.4, 0.5) is 0 Å². The molecule has 0 fully saturated rings. The van der Waals surface area contributed by atoms with Crippen molar-refractivity contribution in [3.8, 4) is 346 Å². The molecule has 0 radical (unpaired) electrons. The van der Waals surface area contributed by atoms with Crippen molar-refractivity contribution in [3.05, 3.63) is 0 Å². The van der Waals surface area contributed by atoms with Gasteiger partial charge in [0.25, 0.3) is 0 Å². The summed E-state index contributed by atoms with van der Waals surface area (Å²) in [6, 6.07) is 0. The molecule has 0 aromatic carbocycles. The molecule has 6 N–H and O–H groups in total. The standard InChI is InChI=1S/C13H4.C12H6.C11H4.C10H2.C8H6.C7H4.C4H6.C3H4.13CH4.BrH.H2O9.H2O6.H2O5.2Zn/c1-3-5-7-9-11-13-12-10-8-6-4-2;1-3-5-7-9-11-12-10-8-6-4-2;1-3-5-7-9-11-10-8-6-4-2;1-3-5-7-9-10-8-6-4-2;1-3-5-7-8-6-4-2;1-3-5-7-6-4-2;1-3-4-2;1-3-2;;;;;;;;;;;;;;;1-3-5-7-9-8-6-4-2;1-3-5-6-4-2;1-3-5-4-2;;/h1H,2H3;1-2H3;1H,2H3;1-2H;1-2H3;1H,2H3;1-2H3;1H,2H3;13*1H4;1H;1-2H;1-2H;1-2H;;. The maximum absolute atomic E-state index is 7.32. The van der Waals surface area contributed by atoms with Crippen LogP contribution in [0.1, 0.15) is 166 Å². The number of terminal acetylenes is 6. The topological polar surface area (TPSA) is 251 Å². The van der Waals surface area contributed by atoms with E-state index in [1.54, 1.807) is 55.4 Å². The van der Waals surface area contributed by atoms with Gasteiger partial charge >= 0.3 is 0 Å². The summed E-state index contributed by atoms with van der Waals surface area (Å²) in [5.74, 6) is 128. The van der Waals surface area contributed by atoms with Crippen molar-refractivity contribution in [1.29, 1.82) is 0 Å². The number of halogens is 1. The molecule has 0 spiro atoms. The van der Waals surface area contributed by atoms with Gasteiger partial charge in [0.2, 0.25) is 0 Å². The first kappa shape index (κ1) is 180. The van der Waals surface area contributed by atoms with Gasteiger partial charge in [-0.25, -0.2) is 31.5 Å². The van der Waals surface area contributed by atoms with E-state index in [0.29, 0.717) is 0 Å². The van der Waals surface area contributed by atoms with Crippen LogP contribution in [0.15, 0.2) is 0 Å². The molecular formula is C81H95BrO20Zn2. The average molecular weight is 1600 g/mol. The molecule has 0 heterocycles. The van der Waals surface area contributed by atoms with Gasteiger partial charge in [-0.2, -0.15) is 0 Å². The molecule has 0 saturated heterocycles. The molecule has 104 heavy (non-hydrogen) atoms. The van der Waals surface area contributed by atoms with Gasteiger partial charge in [-0.1, -0.05) is 138 Å². The molecule has 0 rings (SSSR count). The van der Waals surface area contributed by atoms with Crippen LogP contribution >= 0.6 is 17.0 Å². The van der Waals surface area contributed by atoms with Crippen molar-refractivity contribution < 1.29 is 141 Å². The van der Waals surface area contributed by atoms with E-state index in [9.17, 15) is 0 Å². The van der Waals surface area contributed by atoms with Crippen molar-refractivity contribution >= 4 is 17.0 Å². The maximum Gasteiger partial charge on any atom is 0 e. The Morgan fingerprint density at radius 3 is 0.356 bits per heavy atom. The Hall–Kier alpha value is -11.8. The summed E-state index contributed by atoms with van der Waals surface area (Å²) in [5.41, 5.74) is 0. The van der Waals surface area contributed by atoms with Crippen molar-refractivity contribution in [2.45, 2.75) is 166 Å². The Labute approximate surface area is 665 Å². The number of rotatable bonds is 11. The molecule has 0 amide bonds. The van der Waals surface area contributed by atoms with Crippen LogP contribution in [0.25, 0.3) is 0 Å². The van der Waals surface area contributed by atoms with Gasteiger partial charge in [-0.3, -0.25) is 0 Å². The van der Waals surface area contributed by atoms with E-state index in [1.165, 1.54) is 0 Å². The first-order valence-electron chi connectivity index (χ1n) is 20.7. The van der Waals surface area contributed by atoms with Gasteiger partial charge in [0.1, 0.15) is 0 Å². The largest absolute Gasteiger partial charge is 0.219 e. The Balaban J connectivity index is -0.0000000251. The van der Waals surface area contributed by atoms with Crippen molar-refractivity contribution in [3.63, 3.8) is 0 Å². The molecular weight excluding hydrogens is 1500 g/mol. The smallest absolute Gasteiger partial charge is 0 e. The van der Waals surface area contributed by atoms with Crippen LogP contribution in [0.5, 0.6) is 0 Å². The van der Waals surface area contributed by atoms with E-state index in [-0.39, 0.29) is 152 Å². The minimum Gasteiger partial charge on any atom is -0.219 e. The molecule has 20 nitrogen and oxygen atoms in total. The molecule has 0 aliphatic heterocycles. The summed E-state index contributed by atoms with van der Waals surface area (Å²) < 4.78 is 0. The predicted octanol–water partition coefficient (Wildman–Crippen LogP) is 13.9. The Morgan fingerprint density at radius 1 is 0.163 bits per heavy atom. The zero-order valence-electron chi connectivity index (χ0n) is 49.7. The molecule has 23 heteroatoms. The third-order valence-electron chi connectivity index (χ3n) is 3.74. The second-order valence-electron chi connectivity index (χ2n) is 8.88. The molecule has 0 bridgehead atoms. The van der Waals surface area contributed by atoms with Crippen LogP contribution in [0.2, 0.25) is 0 Å². The predicted molar refractivity (Wildman–Crippen MR) is 417 cm³/mol. The summed E-state index contributed by atoms with van der Waals surface area (Å²) in [7, 11) is 0. The molecule has 0 aromatic heterocycles. The minimum atomic E-state index is 0. The van der Waals surface area contributed by atoms with E-state index < -0.39 is 0 Å². The van der Waals surface area contributed by atoms with Crippen LogP contribution in [0.3, 0.4) is 0 Å². The second-order valence-corrected chi connectivity index (χ2v) is 8.88. The maximum atomic E-state index is 7.32. The van der Waals surface area contributed by atoms with Gasteiger partial charge in [0, 0.05) is 39.0 Å². The molecule has 0 unspecified atom stereocenters. The summed E-state index contributed by atoms with van der Waals surface area (Å²) in [6.07, 6.45) is 28.7. The quantitative estimate of drug-likeness (QED) is 0.0370. The Kier molecular flexibility index (Phi) is 438. The average Bonchev–Trinajstić information content (AvgIpc) is 3.60. The summed E-state index contributed by atoms with van der Waals surface area (Å²) in [4.78, 5) is 0. The van der Waals surface area contributed by atoms with Crippen LogP contribution in [0, 0.1) is 346 Å². The summed E-state index contributed by atoms with van der Waals surface area (Å²) in [5, 5.41) is 85.0. The van der Waals surface area contributed by atoms with Gasteiger partial charge in [0.05, 0.1) is 0 Å². The molecule has 0 aliphatic rings. The molecule has 0 atom stereocenters. The SMILES string of the molecule is Br.C.C.C.C.C.C.C.C.C.C.C.C.C.C#CC.C#CC#CC#CC.C#CC#CC#CC#CC#C.C#CC#CC#CC#CC#CC.C#CC#CC#CC#CC#CC#CC.CC#CC.CC#CC#CC#CC.CC#CC#CC#CC#CC#CC.OOOOO.OOOOOO.OOOOOOOOO.[Zn].[Zn]. The van der Waals surface area contributed by atoms with Gasteiger partial charge in [-0.05, 0) is 388 Å². The van der Waals surface area contributed by atoms with E-state index in [0.717, 1.165) is 0 Å². The fourth-order valence-electron chi connectivity index (χ4n) is 1.50. The van der Waals surface area contributed by atoms with E-state index in [1.807, 2.05) is 13.8 Å². The third kappa shape index (κ3) is 385. The van der Waals surface area contributed by atoms with E-state index in [4.69, 9.17) is 63.7 Å². The van der Waals surface area contributed by atoms with Crippen molar-refractivity contribution in [2.75, 3.05) is 0 Å². The fourth-order valence-corrected chi connectivity index (χ4v) is 1.50. The summed E-state index contributed by atoms with van der Waals surface area (Å²) in [6.45, 7) is 17.3. The number of hydrogen-bond acceptors (Lipinski definition) is 20. The Morgan fingerprint density at radius 2 is 0.260 bits per heavy atom. The first-order valence-corrected chi connectivity index (χ1v) is 20.7. The zero-order chi connectivity index (χ0) is 68.7. The van der Waals surface area contributed by atoms with Crippen LogP contribution in [-0.2, 0) is 109 Å². The molecule has 0 aliphatic carbocycles. The van der Waals surface area contributed by atoms with Gasteiger partial charge in [-0.15, -0.1) is 73.3 Å². The normalized spacial score (nSPS) is 4.13. The first-order chi connectivity index (χ1) is 43.1. The minimum absolute atomic E-state index is 0. The molecule has 550 valence electrons. The van der Waals surface area contributed by atoms with E-state index >= 15 is 0 Å². The van der Waals surface area contributed by atoms with E-state index in [2.05, 4.69) is 385 Å². The van der Waals surface area contributed by atoms with Crippen molar-refractivity contribution in [1.82, 2.24) is 0 Å². The zero-order valence-corrected chi connectivity index (χ0v) is 57.3. The van der Waals surface area contributed by atoms with Gasteiger partial charge in [0.15, 0.2) is 0 Å². The molecule has 0 aromatic rings. The monoisotopic (exact) mass is 1590 g/mol.